The van der Waals surface area contributed by atoms with Crippen LogP contribution >= 0.6 is 0 Å². The molecule has 9 heteroatoms. The maximum absolute atomic E-state index is 12.7. The fourth-order valence-electron chi connectivity index (χ4n) is 3.38. The first-order valence-corrected chi connectivity index (χ1v) is 10.6. The normalized spacial score (nSPS) is 18.4. The molecule has 1 aliphatic heterocycles. The molecule has 1 aromatic rings. The molecule has 1 heterocycles. The fraction of sp³-hybridized carbons (Fsp3) is 0.556. The molecule has 2 fully saturated rings. The van der Waals surface area contributed by atoms with Crippen molar-refractivity contribution in [2.24, 2.45) is 5.92 Å². The van der Waals surface area contributed by atoms with Crippen LogP contribution in [-0.2, 0) is 14.8 Å². The number of likely N-dealkylation sites (tertiary alicyclic amines) is 1. The maximum atomic E-state index is 12.7. The summed E-state index contributed by atoms with van der Waals surface area (Å²) in [5.41, 5.74) is 1.57. The summed E-state index contributed by atoms with van der Waals surface area (Å²) in [5, 5.41) is 11.8. The van der Waals surface area contributed by atoms with Gasteiger partial charge in [-0.15, -0.1) is 0 Å². The van der Waals surface area contributed by atoms with Gasteiger partial charge in [-0.3, -0.25) is 4.79 Å². The summed E-state index contributed by atoms with van der Waals surface area (Å²) in [6.45, 7) is 4.14. The number of benzene rings is 1. The van der Waals surface area contributed by atoms with Crippen molar-refractivity contribution in [2.45, 2.75) is 50.5 Å². The van der Waals surface area contributed by atoms with Crippen molar-refractivity contribution in [2.75, 3.05) is 18.4 Å². The number of carboxylic acids is 1. The van der Waals surface area contributed by atoms with Gasteiger partial charge in [-0.05, 0) is 56.7 Å². The van der Waals surface area contributed by atoms with Crippen LogP contribution in [0.1, 0.15) is 36.8 Å². The van der Waals surface area contributed by atoms with E-state index in [0.29, 0.717) is 42.7 Å². The molecule has 1 aromatic carbocycles. The van der Waals surface area contributed by atoms with E-state index in [2.05, 4.69) is 10.0 Å². The number of carbonyl (C=O) groups is 2. The molecule has 1 aliphatic carbocycles. The lowest BCUT2D eigenvalue weighted by Gasteiger charge is -2.30. The van der Waals surface area contributed by atoms with Crippen molar-refractivity contribution >= 4 is 27.7 Å². The van der Waals surface area contributed by atoms with Crippen molar-refractivity contribution in [3.8, 4) is 0 Å². The second-order valence-electron chi connectivity index (χ2n) is 7.31. The van der Waals surface area contributed by atoms with E-state index in [1.165, 1.54) is 0 Å². The molecule has 1 saturated carbocycles. The first-order chi connectivity index (χ1) is 12.7. The van der Waals surface area contributed by atoms with Crippen LogP contribution in [0.25, 0.3) is 0 Å². The first-order valence-electron chi connectivity index (χ1n) is 9.10. The number of aliphatic carboxylic acids is 1. The summed E-state index contributed by atoms with van der Waals surface area (Å²) in [6.07, 6.45) is 2.53. The number of piperidine rings is 1. The number of rotatable bonds is 5. The van der Waals surface area contributed by atoms with Gasteiger partial charge in [0.25, 0.3) is 0 Å². The second kappa shape index (κ2) is 7.47. The van der Waals surface area contributed by atoms with Crippen LogP contribution in [0.15, 0.2) is 17.0 Å². The summed E-state index contributed by atoms with van der Waals surface area (Å²) in [7, 11) is -3.64. The molecule has 8 nitrogen and oxygen atoms in total. The van der Waals surface area contributed by atoms with E-state index in [0.717, 1.165) is 12.8 Å². The number of aryl methyl sites for hydroxylation is 1. The lowest BCUT2D eigenvalue weighted by atomic mass is 9.97. The molecule has 27 heavy (non-hydrogen) atoms. The Balaban J connectivity index is 1.75. The molecule has 0 atom stereocenters. The summed E-state index contributed by atoms with van der Waals surface area (Å²) in [6, 6.07) is 3.04. The summed E-state index contributed by atoms with van der Waals surface area (Å²) < 4.78 is 28.0. The molecule has 148 valence electrons. The number of amides is 2. The van der Waals surface area contributed by atoms with Gasteiger partial charge in [0.15, 0.2) is 0 Å². The van der Waals surface area contributed by atoms with Crippen LogP contribution in [0.3, 0.4) is 0 Å². The topological polar surface area (TPSA) is 116 Å². The Bertz CT molecular complexity index is 856. The Labute approximate surface area is 159 Å². The molecule has 2 amide bonds. The van der Waals surface area contributed by atoms with Crippen molar-refractivity contribution in [3.05, 3.63) is 23.3 Å². The number of anilines is 1. The molecule has 0 spiro atoms. The van der Waals surface area contributed by atoms with Gasteiger partial charge in [0.2, 0.25) is 10.0 Å². The third-order valence-electron chi connectivity index (χ3n) is 5.14. The average Bonchev–Trinajstić information content (AvgIpc) is 3.40. The number of carbonyl (C=O) groups excluding carboxylic acids is 1. The smallest absolute Gasteiger partial charge is 0.321 e. The third-order valence-corrected chi connectivity index (χ3v) is 6.95. The molecule has 0 unspecified atom stereocenters. The van der Waals surface area contributed by atoms with Gasteiger partial charge in [-0.25, -0.2) is 17.9 Å². The number of sulfonamides is 1. The molecule has 2 aliphatic rings. The minimum Gasteiger partial charge on any atom is -0.481 e. The quantitative estimate of drug-likeness (QED) is 0.706. The SMILES string of the molecule is Cc1ccc(NC(=O)N2CCC(C(=O)O)CC2)c(C)c1S(=O)(=O)NC1CC1. The molecule has 0 aromatic heterocycles. The highest BCUT2D eigenvalue weighted by Crippen LogP contribution is 2.30. The largest absolute Gasteiger partial charge is 0.481 e. The molecule has 1 saturated heterocycles. The second-order valence-corrected chi connectivity index (χ2v) is 8.96. The number of nitrogens with one attached hydrogen (secondary N) is 2. The Morgan fingerprint density at radius 1 is 1.11 bits per heavy atom. The molecular weight excluding hydrogens is 370 g/mol. The van der Waals surface area contributed by atoms with Crippen molar-refractivity contribution in [1.82, 2.24) is 9.62 Å². The molecule has 0 radical (unpaired) electrons. The highest BCUT2D eigenvalue weighted by molar-refractivity contribution is 7.89. The van der Waals surface area contributed by atoms with Crippen molar-refractivity contribution in [3.63, 3.8) is 0 Å². The van der Waals surface area contributed by atoms with E-state index < -0.39 is 21.9 Å². The molecule has 3 rings (SSSR count). The third kappa shape index (κ3) is 4.41. The van der Waals surface area contributed by atoms with Crippen LogP contribution in [0.2, 0.25) is 0 Å². The van der Waals surface area contributed by atoms with Gasteiger partial charge in [0, 0.05) is 24.8 Å². The van der Waals surface area contributed by atoms with E-state index in [4.69, 9.17) is 5.11 Å². The van der Waals surface area contributed by atoms with Gasteiger partial charge in [0.1, 0.15) is 0 Å². The standard InChI is InChI=1S/C18H25N3O5S/c1-11-3-6-15(12(2)16(11)27(25,26)20-14-4-5-14)19-18(24)21-9-7-13(8-10-21)17(22)23/h3,6,13-14,20H,4-5,7-10H2,1-2H3,(H,19,24)(H,22,23). The van der Waals surface area contributed by atoms with Crippen LogP contribution in [0.4, 0.5) is 10.5 Å². The summed E-state index contributed by atoms with van der Waals surface area (Å²) >= 11 is 0. The van der Waals surface area contributed by atoms with Crippen molar-refractivity contribution < 1.29 is 23.1 Å². The monoisotopic (exact) mass is 395 g/mol. The van der Waals surface area contributed by atoms with E-state index in [9.17, 15) is 18.0 Å². The number of nitrogens with zero attached hydrogens (tertiary/aromatic N) is 1. The average molecular weight is 395 g/mol. The number of hydrogen-bond acceptors (Lipinski definition) is 4. The van der Waals surface area contributed by atoms with Gasteiger partial charge < -0.3 is 15.3 Å². The molecular formula is C18H25N3O5S. The van der Waals surface area contributed by atoms with Crippen LogP contribution in [0.5, 0.6) is 0 Å². The first kappa shape index (κ1) is 19.6. The summed E-state index contributed by atoms with van der Waals surface area (Å²) in [4.78, 5) is 25.3. The fourth-order valence-corrected chi connectivity index (χ4v) is 5.18. The Morgan fingerprint density at radius 3 is 2.30 bits per heavy atom. The van der Waals surface area contributed by atoms with E-state index in [1.54, 1.807) is 30.9 Å². The zero-order valence-corrected chi connectivity index (χ0v) is 16.3. The highest BCUT2D eigenvalue weighted by Gasteiger charge is 2.31. The van der Waals surface area contributed by atoms with Crippen LogP contribution < -0.4 is 10.0 Å². The molecule has 3 N–H and O–H groups in total. The van der Waals surface area contributed by atoms with Gasteiger partial charge in [0.05, 0.1) is 10.8 Å². The summed E-state index contributed by atoms with van der Waals surface area (Å²) in [5.74, 6) is -1.25. The number of hydrogen-bond donors (Lipinski definition) is 3. The van der Waals surface area contributed by atoms with Crippen molar-refractivity contribution in [1.29, 1.82) is 0 Å². The van der Waals surface area contributed by atoms with E-state index in [-0.39, 0.29) is 17.0 Å². The zero-order chi connectivity index (χ0) is 19.8. The lowest BCUT2D eigenvalue weighted by molar-refractivity contribution is -0.143. The Kier molecular flexibility index (Phi) is 5.43. The van der Waals surface area contributed by atoms with Gasteiger partial charge >= 0.3 is 12.0 Å². The number of carboxylic acid groups (broad SMARTS) is 1. The van der Waals surface area contributed by atoms with E-state index in [1.807, 2.05) is 0 Å². The number of urea groups is 1. The zero-order valence-electron chi connectivity index (χ0n) is 15.5. The van der Waals surface area contributed by atoms with Gasteiger partial charge in [-0.1, -0.05) is 6.07 Å². The van der Waals surface area contributed by atoms with E-state index >= 15 is 0 Å². The highest BCUT2D eigenvalue weighted by atomic mass is 32.2. The predicted molar refractivity (Wildman–Crippen MR) is 100 cm³/mol. The maximum Gasteiger partial charge on any atom is 0.321 e. The molecule has 0 bridgehead atoms. The lowest BCUT2D eigenvalue weighted by Crippen LogP contribution is -2.42. The Morgan fingerprint density at radius 2 is 1.74 bits per heavy atom. The minimum absolute atomic E-state index is 0.00239. The van der Waals surface area contributed by atoms with Gasteiger partial charge in [-0.2, -0.15) is 0 Å². The predicted octanol–water partition coefficient (Wildman–Crippen LogP) is 2.07. The minimum atomic E-state index is -3.64. The van der Waals surface area contributed by atoms with Crippen LogP contribution in [-0.4, -0.2) is 49.6 Å². The van der Waals surface area contributed by atoms with Crippen LogP contribution in [0, 0.1) is 19.8 Å². The Hall–Kier alpha value is -2.13.